The molecule has 3 amide bonds. The molecule has 9 nitrogen and oxygen atoms in total. The first kappa shape index (κ1) is 35.5. The fraction of sp³-hybridized carbons (Fsp3) is 0.583. The van der Waals surface area contributed by atoms with Crippen LogP contribution in [0.2, 0.25) is 0 Å². The molecule has 0 bridgehead atoms. The summed E-state index contributed by atoms with van der Waals surface area (Å²) in [5.74, 6) is 0.819. The Bertz CT molecular complexity index is 1540. The number of Topliss-reactive ketones (excluding diaryl/α,β-unsaturated/α-hetero) is 1. The lowest BCUT2D eigenvalue weighted by atomic mass is 9.77. The number of carbonyl (C=O) groups excluding carboxylic acids is 3. The normalized spacial score (nSPS) is 24.3. The Kier molecular flexibility index (Phi) is 10.9. The number of hydrogen-bond donors (Lipinski definition) is 1. The Morgan fingerprint density at radius 3 is 2.19 bits per heavy atom. The number of carbonyl (C=O) groups is 3. The standard InChI is InChI=1S/C36H48N4O5S.ClH/c1-25(2)23-40-35(43)39(24-26-13-15-29(16-14-26)46(3,44)45)34(42)36(40)17-19-38(20-18-36)32(33(41)28-11-7-8-12-28)31-22-37-21-30(31)27-9-5-4-6-10-27;/h4-6,9-10,13-16,25,28,30-32,37H,7-8,11-12,17-24H2,1-3H3;1H/t30-,31-,32?;/m1./s1. The molecular formula is C36H49ClN4O5S. The van der Waals surface area contributed by atoms with E-state index in [-0.39, 0.29) is 65.5 Å². The minimum atomic E-state index is -3.35. The van der Waals surface area contributed by atoms with Gasteiger partial charge >= 0.3 is 6.03 Å². The highest BCUT2D eigenvalue weighted by Crippen LogP contribution is 2.42. The van der Waals surface area contributed by atoms with Crippen LogP contribution in [0.3, 0.4) is 0 Å². The smallest absolute Gasteiger partial charge is 0.316 e. The van der Waals surface area contributed by atoms with E-state index in [2.05, 4.69) is 48.3 Å². The van der Waals surface area contributed by atoms with Gasteiger partial charge in [-0.3, -0.25) is 19.4 Å². The Morgan fingerprint density at radius 2 is 1.60 bits per heavy atom. The Morgan fingerprint density at radius 1 is 0.957 bits per heavy atom. The molecule has 2 aromatic rings. The first-order valence-electron chi connectivity index (χ1n) is 17.0. The quantitative estimate of drug-likeness (QED) is 0.355. The van der Waals surface area contributed by atoms with Crippen LogP contribution >= 0.6 is 12.4 Å². The number of sulfone groups is 1. The molecule has 4 aliphatic rings. The molecule has 0 aromatic heterocycles. The molecule has 1 N–H and O–H groups in total. The van der Waals surface area contributed by atoms with E-state index in [9.17, 15) is 22.8 Å². The van der Waals surface area contributed by atoms with Crippen molar-refractivity contribution in [2.24, 2.45) is 17.8 Å². The number of imide groups is 1. The maximum atomic E-state index is 14.3. The molecule has 1 saturated carbocycles. The fourth-order valence-electron chi connectivity index (χ4n) is 8.43. The van der Waals surface area contributed by atoms with Gasteiger partial charge in [0, 0.05) is 56.7 Å². The van der Waals surface area contributed by atoms with Gasteiger partial charge in [0.25, 0.3) is 5.91 Å². The molecule has 3 saturated heterocycles. The van der Waals surface area contributed by atoms with Crippen molar-refractivity contribution in [1.82, 2.24) is 20.0 Å². The van der Waals surface area contributed by atoms with Crippen molar-refractivity contribution in [3.63, 3.8) is 0 Å². The van der Waals surface area contributed by atoms with Crippen molar-refractivity contribution >= 4 is 40.0 Å². The van der Waals surface area contributed by atoms with Crippen LogP contribution in [0.25, 0.3) is 0 Å². The summed E-state index contributed by atoms with van der Waals surface area (Å²) in [5, 5.41) is 3.59. The van der Waals surface area contributed by atoms with Crippen LogP contribution in [0.5, 0.6) is 0 Å². The molecular weight excluding hydrogens is 636 g/mol. The third-order valence-corrected chi connectivity index (χ3v) is 12.0. The topological polar surface area (TPSA) is 107 Å². The maximum absolute atomic E-state index is 14.3. The highest BCUT2D eigenvalue weighted by molar-refractivity contribution is 7.90. The molecule has 6 rings (SSSR count). The van der Waals surface area contributed by atoms with Crippen molar-refractivity contribution < 1.29 is 22.8 Å². The lowest BCUT2D eigenvalue weighted by molar-refractivity contribution is -0.138. The third-order valence-electron chi connectivity index (χ3n) is 10.8. The van der Waals surface area contributed by atoms with E-state index in [1.54, 1.807) is 17.0 Å². The van der Waals surface area contributed by atoms with Gasteiger partial charge in [-0.05, 0) is 54.9 Å². The summed E-state index contributed by atoms with van der Waals surface area (Å²) in [7, 11) is -3.35. The summed E-state index contributed by atoms with van der Waals surface area (Å²) in [4.78, 5) is 48.3. The van der Waals surface area contributed by atoms with Gasteiger partial charge in [0.2, 0.25) is 0 Å². The second kappa shape index (κ2) is 14.4. The van der Waals surface area contributed by atoms with Gasteiger partial charge < -0.3 is 10.2 Å². The molecule has 0 radical (unpaired) electrons. The summed E-state index contributed by atoms with van der Waals surface area (Å²) in [6, 6.07) is 16.4. The Labute approximate surface area is 285 Å². The highest BCUT2D eigenvalue weighted by atomic mass is 35.5. The third kappa shape index (κ3) is 7.02. The number of ketones is 1. The van der Waals surface area contributed by atoms with E-state index in [0.29, 0.717) is 43.8 Å². The predicted molar refractivity (Wildman–Crippen MR) is 184 cm³/mol. The molecule has 3 aliphatic heterocycles. The predicted octanol–water partition coefficient (Wildman–Crippen LogP) is 4.90. The number of nitrogens with zero attached hydrogens (tertiary/aromatic N) is 3. The van der Waals surface area contributed by atoms with Crippen molar-refractivity contribution in [2.45, 2.75) is 81.3 Å². The summed E-state index contributed by atoms with van der Waals surface area (Å²) < 4.78 is 23.9. The zero-order valence-corrected chi connectivity index (χ0v) is 29.4. The minimum Gasteiger partial charge on any atom is -0.316 e. The fourth-order valence-corrected chi connectivity index (χ4v) is 9.06. The number of likely N-dealkylation sites (tertiary alicyclic amines) is 1. The van der Waals surface area contributed by atoms with Crippen molar-refractivity contribution in [1.29, 1.82) is 0 Å². The number of urea groups is 1. The van der Waals surface area contributed by atoms with E-state index in [0.717, 1.165) is 45.0 Å². The van der Waals surface area contributed by atoms with Crippen LogP contribution in [-0.2, 0) is 26.0 Å². The lowest BCUT2D eigenvalue weighted by Gasteiger charge is -2.46. The molecule has 11 heteroatoms. The number of piperidine rings is 1. The van der Waals surface area contributed by atoms with Crippen LogP contribution in [0.4, 0.5) is 4.79 Å². The Hall–Kier alpha value is -2.79. The van der Waals surface area contributed by atoms with Crippen LogP contribution < -0.4 is 5.32 Å². The lowest BCUT2D eigenvalue weighted by Crippen LogP contribution is -2.61. The van der Waals surface area contributed by atoms with Crippen LogP contribution in [0.15, 0.2) is 59.5 Å². The van der Waals surface area contributed by atoms with Gasteiger partial charge in [-0.25, -0.2) is 13.2 Å². The van der Waals surface area contributed by atoms with Crippen molar-refractivity contribution in [3.8, 4) is 0 Å². The molecule has 1 unspecified atom stereocenters. The molecule has 4 fully saturated rings. The van der Waals surface area contributed by atoms with E-state index in [1.807, 2.05) is 6.07 Å². The van der Waals surface area contributed by atoms with Gasteiger partial charge in [0.15, 0.2) is 15.6 Å². The van der Waals surface area contributed by atoms with Crippen LogP contribution in [0.1, 0.15) is 69.4 Å². The van der Waals surface area contributed by atoms with Gasteiger partial charge in [-0.15, -0.1) is 12.4 Å². The Balaban J connectivity index is 0.00000433. The number of benzene rings is 2. The van der Waals surface area contributed by atoms with Crippen LogP contribution in [0, 0.1) is 17.8 Å². The van der Waals surface area contributed by atoms with Crippen molar-refractivity contribution in [2.75, 3.05) is 39.0 Å². The maximum Gasteiger partial charge on any atom is 0.327 e. The largest absolute Gasteiger partial charge is 0.327 e. The SMILES string of the molecule is CC(C)CN1C(=O)N(Cc2ccc(S(C)(=O)=O)cc2)C(=O)C12CCN(C(C(=O)C1CCCC1)[C@@H]1CNC[C@@H]1c1ccccc1)CC2.Cl. The number of halogens is 1. The average molecular weight is 685 g/mol. The highest BCUT2D eigenvalue weighted by Gasteiger charge is 2.59. The molecule has 47 heavy (non-hydrogen) atoms. The second-order valence-electron chi connectivity index (χ2n) is 14.3. The monoisotopic (exact) mass is 684 g/mol. The molecule has 256 valence electrons. The minimum absolute atomic E-state index is 0. The molecule has 1 spiro atoms. The first-order valence-corrected chi connectivity index (χ1v) is 18.8. The van der Waals surface area contributed by atoms with Gasteiger partial charge in [-0.2, -0.15) is 0 Å². The zero-order valence-electron chi connectivity index (χ0n) is 27.8. The summed E-state index contributed by atoms with van der Waals surface area (Å²) >= 11 is 0. The van der Waals surface area contributed by atoms with Crippen molar-refractivity contribution in [3.05, 3.63) is 65.7 Å². The van der Waals surface area contributed by atoms with Gasteiger partial charge in [0.05, 0.1) is 17.5 Å². The molecule has 1 aliphatic carbocycles. The number of hydrogen-bond acceptors (Lipinski definition) is 7. The summed E-state index contributed by atoms with van der Waals surface area (Å²) in [5.41, 5.74) is 1.02. The van der Waals surface area contributed by atoms with Gasteiger partial charge in [-0.1, -0.05) is 69.2 Å². The number of amides is 3. The van der Waals surface area contributed by atoms with Crippen LogP contribution in [-0.4, -0.2) is 91.4 Å². The molecule has 3 heterocycles. The number of rotatable bonds is 10. The average Bonchev–Trinajstić information content (AvgIpc) is 3.79. The summed E-state index contributed by atoms with van der Waals surface area (Å²) in [6.07, 6.45) is 6.25. The van der Waals surface area contributed by atoms with Gasteiger partial charge in [0.1, 0.15) is 5.54 Å². The number of nitrogens with one attached hydrogen (secondary N) is 1. The molecule has 2 aromatic carbocycles. The zero-order chi connectivity index (χ0) is 32.6. The molecule has 3 atom stereocenters. The summed E-state index contributed by atoms with van der Waals surface area (Å²) in [6.45, 7) is 7.46. The van der Waals surface area contributed by atoms with E-state index < -0.39 is 15.4 Å². The first-order chi connectivity index (χ1) is 22.0. The van der Waals surface area contributed by atoms with E-state index >= 15 is 0 Å². The van der Waals surface area contributed by atoms with E-state index in [4.69, 9.17) is 0 Å². The second-order valence-corrected chi connectivity index (χ2v) is 16.3. The van der Waals surface area contributed by atoms with E-state index in [1.165, 1.54) is 22.6 Å².